The fourth-order valence-electron chi connectivity index (χ4n) is 1.46. The van der Waals surface area contributed by atoms with E-state index in [1.165, 1.54) is 0 Å². The van der Waals surface area contributed by atoms with Crippen molar-refractivity contribution in [3.05, 3.63) is 0 Å². The molecule has 0 radical (unpaired) electrons. The van der Waals surface area contributed by atoms with Crippen LogP contribution in [0.1, 0.15) is 27.2 Å². The second kappa shape index (κ2) is 4.05. The lowest BCUT2D eigenvalue weighted by atomic mass is 9.82. The van der Waals surface area contributed by atoms with E-state index >= 15 is 0 Å². The molecule has 1 saturated carbocycles. The van der Waals surface area contributed by atoms with Crippen LogP contribution in [-0.4, -0.2) is 21.9 Å². The Kier molecular flexibility index (Phi) is 3.57. The second-order valence-corrected chi connectivity index (χ2v) is 11.2. The molecule has 1 aliphatic rings. The first-order chi connectivity index (χ1) is 6.95. The molecule has 1 rings (SSSR count). The summed E-state index contributed by atoms with van der Waals surface area (Å²) in [5.74, 6) is -1.32. The van der Waals surface area contributed by atoms with Crippen molar-refractivity contribution in [2.24, 2.45) is 5.92 Å². The van der Waals surface area contributed by atoms with Crippen molar-refractivity contribution in [2.75, 3.05) is 6.61 Å². The van der Waals surface area contributed by atoms with Gasteiger partial charge in [0.05, 0.1) is 0 Å². The van der Waals surface area contributed by atoms with Crippen LogP contribution in [-0.2, 0) is 4.43 Å². The van der Waals surface area contributed by atoms with Crippen LogP contribution in [0.5, 0.6) is 0 Å². The summed E-state index contributed by atoms with van der Waals surface area (Å²) in [4.78, 5) is 0. The number of rotatable bonds is 4. The van der Waals surface area contributed by atoms with Gasteiger partial charge in [0.1, 0.15) is 0 Å². The molecule has 0 aliphatic heterocycles. The molecular weight excluding hydrogens is 232 g/mol. The Bertz CT molecular complexity index is 260. The minimum atomic E-state index is -4.64. The van der Waals surface area contributed by atoms with Crippen LogP contribution in [0.3, 0.4) is 0 Å². The summed E-state index contributed by atoms with van der Waals surface area (Å²) < 4.78 is 42.9. The zero-order valence-corrected chi connectivity index (χ0v) is 11.7. The predicted molar refractivity (Wildman–Crippen MR) is 64.1 cm³/mol. The van der Waals surface area contributed by atoms with E-state index in [1.807, 2.05) is 0 Å². The second-order valence-electron chi connectivity index (χ2n) is 6.36. The maximum Gasteiger partial charge on any atom is 0.481 e. The Balaban J connectivity index is 2.39. The van der Waals surface area contributed by atoms with Crippen molar-refractivity contribution in [3.8, 4) is 0 Å². The monoisotopic (exact) mass is 253 g/mol. The lowest BCUT2D eigenvalue weighted by Gasteiger charge is -2.36. The summed E-state index contributed by atoms with van der Waals surface area (Å²) in [6, 6.07) is 0. The Morgan fingerprint density at radius 3 is 2.06 bits per heavy atom. The Hall–Kier alpha value is 0.0318. The third-order valence-electron chi connectivity index (χ3n) is 3.93. The molecule has 0 saturated heterocycles. The van der Waals surface area contributed by atoms with Crippen LogP contribution in [0.15, 0.2) is 0 Å². The molecule has 2 atom stereocenters. The van der Waals surface area contributed by atoms with E-state index in [2.05, 4.69) is 33.9 Å². The summed E-state index contributed by atoms with van der Waals surface area (Å²) in [7, 11) is -1.88. The summed E-state index contributed by atoms with van der Waals surface area (Å²) in [6.45, 7) is 6.08. The predicted octanol–water partition coefficient (Wildman–Crippen LogP) is 4.25. The molecule has 0 aromatic heterocycles. The minimum Gasteiger partial charge on any atom is -0.449 e. The molecular formula is C10H21BF3OSi-. The lowest BCUT2D eigenvalue weighted by Crippen LogP contribution is -2.41. The normalized spacial score (nSPS) is 27.0. The first kappa shape index (κ1) is 14.1. The Morgan fingerprint density at radius 2 is 1.75 bits per heavy atom. The van der Waals surface area contributed by atoms with Crippen molar-refractivity contribution in [3.63, 3.8) is 0 Å². The topological polar surface area (TPSA) is 9.23 Å². The molecule has 96 valence electrons. The molecule has 1 nitrogen and oxygen atoms in total. The molecule has 1 fully saturated rings. The van der Waals surface area contributed by atoms with Gasteiger partial charge in [0, 0.05) is 6.61 Å². The van der Waals surface area contributed by atoms with Crippen molar-refractivity contribution in [1.29, 1.82) is 0 Å². The highest BCUT2D eigenvalue weighted by Crippen LogP contribution is 2.54. The van der Waals surface area contributed by atoms with E-state index in [0.29, 0.717) is 6.61 Å². The highest BCUT2D eigenvalue weighted by Gasteiger charge is 2.51. The van der Waals surface area contributed by atoms with Crippen LogP contribution in [0, 0.1) is 5.92 Å². The van der Waals surface area contributed by atoms with Gasteiger partial charge < -0.3 is 17.4 Å². The van der Waals surface area contributed by atoms with Crippen LogP contribution in [0.2, 0.25) is 23.9 Å². The third kappa shape index (κ3) is 3.26. The number of hydrogen-bond donors (Lipinski definition) is 0. The molecule has 0 unspecified atom stereocenters. The van der Waals surface area contributed by atoms with E-state index in [-0.39, 0.29) is 17.4 Å². The Labute approximate surface area is 96.9 Å². The molecule has 0 spiro atoms. The first-order valence-corrected chi connectivity index (χ1v) is 8.70. The van der Waals surface area contributed by atoms with E-state index in [4.69, 9.17) is 4.43 Å². The summed E-state index contributed by atoms with van der Waals surface area (Å²) >= 11 is 0. The number of hydrogen-bond acceptors (Lipinski definition) is 1. The summed E-state index contributed by atoms with van der Waals surface area (Å²) in [5.41, 5.74) is 0. The molecule has 0 amide bonds. The summed E-state index contributed by atoms with van der Waals surface area (Å²) in [6.07, 6.45) is 0.276. The van der Waals surface area contributed by atoms with Crippen molar-refractivity contribution in [1.82, 2.24) is 0 Å². The molecule has 1 aliphatic carbocycles. The minimum absolute atomic E-state index is 0.0702. The molecule has 0 heterocycles. The Morgan fingerprint density at radius 1 is 1.25 bits per heavy atom. The van der Waals surface area contributed by atoms with E-state index in [1.54, 1.807) is 0 Å². The van der Waals surface area contributed by atoms with Gasteiger partial charge in [0.2, 0.25) is 0 Å². The molecule has 0 bridgehead atoms. The molecule has 0 aromatic rings. The van der Waals surface area contributed by atoms with Crippen molar-refractivity contribution in [2.45, 2.75) is 51.1 Å². The molecule has 16 heavy (non-hydrogen) atoms. The summed E-state index contributed by atoms with van der Waals surface area (Å²) in [5, 5.41) is 0.0702. The van der Waals surface area contributed by atoms with Crippen LogP contribution in [0.25, 0.3) is 0 Å². The maximum atomic E-state index is 12.4. The average molecular weight is 253 g/mol. The van der Waals surface area contributed by atoms with Crippen molar-refractivity contribution < 1.29 is 17.4 Å². The fourth-order valence-corrected chi connectivity index (χ4v) is 2.52. The number of halogens is 3. The van der Waals surface area contributed by atoms with Crippen LogP contribution in [0.4, 0.5) is 12.9 Å². The first-order valence-electron chi connectivity index (χ1n) is 5.79. The van der Waals surface area contributed by atoms with Gasteiger partial charge in [0.25, 0.3) is 0 Å². The fraction of sp³-hybridized carbons (Fsp3) is 1.00. The molecule has 6 heteroatoms. The van der Waals surface area contributed by atoms with Gasteiger partial charge in [-0.1, -0.05) is 33.0 Å². The highest BCUT2D eigenvalue weighted by atomic mass is 28.4. The zero-order valence-electron chi connectivity index (χ0n) is 10.7. The standard InChI is InChI=1S/C10H21BF3OSi/c1-10(2,3)16(4,5)15-7-8-6-9(8)11(12,13)14/h8-9H,6-7H2,1-5H3/q-1/t8-,9+/m0/s1. The van der Waals surface area contributed by atoms with Crippen LogP contribution < -0.4 is 0 Å². The molecule has 0 N–H and O–H groups in total. The quantitative estimate of drug-likeness (QED) is 0.680. The van der Waals surface area contributed by atoms with Crippen molar-refractivity contribution >= 4 is 15.3 Å². The SMILES string of the molecule is CC(C)(C)[Si](C)(C)OC[C@@H]1C[C@H]1[B-](F)(F)F. The van der Waals surface area contributed by atoms with Gasteiger partial charge in [-0.3, -0.25) is 0 Å². The largest absolute Gasteiger partial charge is 0.481 e. The van der Waals surface area contributed by atoms with E-state index < -0.39 is 21.1 Å². The third-order valence-corrected chi connectivity index (χ3v) is 8.43. The van der Waals surface area contributed by atoms with Gasteiger partial charge in [-0.25, -0.2) is 0 Å². The average Bonchev–Trinajstić information content (AvgIpc) is 2.75. The van der Waals surface area contributed by atoms with E-state index in [9.17, 15) is 12.9 Å². The van der Waals surface area contributed by atoms with Crippen LogP contribution >= 0.6 is 0 Å². The van der Waals surface area contributed by atoms with Gasteiger partial charge in [-0.15, -0.1) is 0 Å². The molecule has 0 aromatic carbocycles. The smallest absolute Gasteiger partial charge is 0.449 e. The highest BCUT2D eigenvalue weighted by molar-refractivity contribution is 6.74. The van der Waals surface area contributed by atoms with E-state index in [0.717, 1.165) is 0 Å². The lowest BCUT2D eigenvalue weighted by molar-refractivity contribution is 0.269. The van der Waals surface area contributed by atoms with Gasteiger partial charge in [-0.2, -0.15) is 0 Å². The van der Waals surface area contributed by atoms with Gasteiger partial charge >= 0.3 is 6.98 Å². The van der Waals surface area contributed by atoms with Gasteiger partial charge in [0.15, 0.2) is 8.32 Å². The zero-order chi connectivity index (χ0) is 12.8. The van der Waals surface area contributed by atoms with Gasteiger partial charge in [-0.05, 0) is 24.1 Å². The maximum absolute atomic E-state index is 12.4.